The summed E-state index contributed by atoms with van der Waals surface area (Å²) in [5, 5.41) is 10.6. The standard InChI is InChI=1S/C22H24N4O2S/c1-26(2)19(20-12-7-13-29-20)15-23-22(28)25-18-11-6-10-17(14-18)24-21(27)16-8-4-3-5-9-16/h3-14,19H,15H2,1-2H3,(H,24,27)(H2,23,25,28)/t19-/m0/s1. The molecule has 1 heterocycles. The van der Waals surface area contributed by atoms with E-state index in [1.807, 2.05) is 43.7 Å². The Labute approximate surface area is 174 Å². The Kier molecular flexibility index (Phi) is 6.99. The normalized spacial score (nSPS) is 11.7. The van der Waals surface area contributed by atoms with Crippen LogP contribution >= 0.6 is 11.3 Å². The molecule has 0 bridgehead atoms. The summed E-state index contributed by atoms with van der Waals surface area (Å²) in [6.07, 6.45) is 0. The zero-order valence-electron chi connectivity index (χ0n) is 16.4. The van der Waals surface area contributed by atoms with Crippen molar-refractivity contribution >= 4 is 34.6 Å². The van der Waals surface area contributed by atoms with Gasteiger partial charge in [0.2, 0.25) is 0 Å². The van der Waals surface area contributed by atoms with Gasteiger partial charge in [0.05, 0.1) is 6.04 Å². The highest BCUT2D eigenvalue weighted by atomic mass is 32.1. The molecule has 0 spiro atoms. The second-order valence-electron chi connectivity index (χ2n) is 6.73. The second kappa shape index (κ2) is 9.86. The first-order valence-electron chi connectivity index (χ1n) is 9.24. The van der Waals surface area contributed by atoms with Gasteiger partial charge in [-0.25, -0.2) is 4.79 Å². The van der Waals surface area contributed by atoms with Gasteiger partial charge in [-0.1, -0.05) is 30.3 Å². The van der Waals surface area contributed by atoms with E-state index in [1.54, 1.807) is 47.7 Å². The molecule has 29 heavy (non-hydrogen) atoms. The maximum atomic E-state index is 12.3. The summed E-state index contributed by atoms with van der Waals surface area (Å²) in [6.45, 7) is 0.490. The first-order valence-corrected chi connectivity index (χ1v) is 10.1. The number of carbonyl (C=O) groups is 2. The maximum absolute atomic E-state index is 12.3. The van der Waals surface area contributed by atoms with Crippen LogP contribution in [0.5, 0.6) is 0 Å². The molecule has 3 N–H and O–H groups in total. The van der Waals surface area contributed by atoms with Gasteiger partial charge in [-0.2, -0.15) is 0 Å². The zero-order valence-corrected chi connectivity index (χ0v) is 17.2. The summed E-state index contributed by atoms with van der Waals surface area (Å²) in [5.41, 5.74) is 1.79. The minimum atomic E-state index is -0.292. The highest BCUT2D eigenvalue weighted by molar-refractivity contribution is 7.10. The smallest absolute Gasteiger partial charge is 0.319 e. The number of thiophene rings is 1. The molecule has 3 amide bonds. The van der Waals surface area contributed by atoms with Crippen LogP contribution in [0.1, 0.15) is 21.3 Å². The lowest BCUT2D eigenvalue weighted by molar-refractivity contribution is 0.102. The van der Waals surface area contributed by atoms with E-state index in [0.29, 0.717) is 23.5 Å². The number of benzene rings is 2. The molecule has 0 aliphatic rings. The van der Waals surface area contributed by atoms with E-state index in [2.05, 4.69) is 26.9 Å². The molecule has 0 radical (unpaired) electrons. The molecule has 3 rings (SSSR count). The minimum absolute atomic E-state index is 0.109. The summed E-state index contributed by atoms with van der Waals surface area (Å²) in [6, 6.07) is 19.9. The van der Waals surface area contributed by atoms with Gasteiger partial charge in [0.25, 0.3) is 5.91 Å². The molecular weight excluding hydrogens is 384 g/mol. The first kappa shape index (κ1) is 20.6. The van der Waals surface area contributed by atoms with Gasteiger partial charge in [-0.3, -0.25) is 4.79 Å². The van der Waals surface area contributed by atoms with Crippen LogP contribution in [0.2, 0.25) is 0 Å². The van der Waals surface area contributed by atoms with Crippen LogP contribution in [0, 0.1) is 0 Å². The van der Waals surface area contributed by atoms with Gasteiger partial charge in [-0.15, -0.1) is 11.3 Å². The Balaban J connectivity index is 1.57. The average Bonchev–Trinajstić information content (AvgIpc) is 3.23. The van der Waals surface area contributed by atoms with Gasteiger partial charge >= 0.3 is 6.03 Å². The van der Waals surface area contributed by atoms with Gasteiger partial charge in [0.15, 0.2) is 0 Å². The first-order chi connectivity index (χ1) is 14.0. The van der Waals surface area contributed by atoms with Crippen LogP contribution in [0.3, 0.4) is 0 Å². The summed E-state index contributed by atoms with van der Waals surface area (Å²) < 4.78 is 0. The number of nitrogens with zero attached hydrogens (tertiary/aromatic N) is 1. The zero-order chi connectivity index (χ0) is 20.6. The molecule has 0 aliphatic heterocycles. The van der Waals surface area contributed by atoms with Crippen LogP contribution in [0.15, 0.2) is 72.1 Å². The van der Waals surface area contributed by atoms with Gasteiger partial charge in [-0.05, 0) is 55.9 Å². The number of amides is 3. The molecule has 0 fully saturated rings. The predicted octanol–water partition coefficient (Wildman–Crippen LogP) is 4.42. The molecule has 0 saturated carbocycles. The third kappa shape index (κ3) is 5.91. The van der Waals surface area contributed by atoms with Crippen molar-refractivity contribution in [3.63, 3.8) is 0 Å². The molecule has 1 aromatic heterocycles. The Morgan fingerprint density at radius 1 is 0.931 bits per heavy atom. The number of rotatable bonds is 7. The fraction of sp³-hybridized carbons (Fsp3) is 0.182. The number of hydrogen-bond donors (Lipinski definition) is 3. The Morgan fingerprint density at radius 2 is 1.66 bits per heavy atom. The Morgan fingerprint density at radius 3 is 2.31 bits per heavy atom. The van der Waals surface area contributed by atoms with Crippen molar-refractivity contribution in [2.75, 3.05) is 31.3 Å². The topological polar surface area (TPSA) is 73.5 Å². The monoisotopic (exact) mass is 408 g/mol. The molecule has 0 unspecified atom stereocenters. The fourth-order valence-corrected chi connectivity index (χ4v) is 3.77. The van der Waals surface area contributed by atoms with E-state index >= 15 is 0 Å². The molecule has 150 valence electrons. The largest absolute Gasteiger partial charge is 0.336 e. The Hall–Kier alpha value is -3.16. The summed E-state index contributed by atoms with van der Waals surface area (Å²) in [4.78, 5) is 27.9. The lowest BCUT2D eigenvalue weighted by Gasteiger charge is -2.23. The summed E-state index contributed by atoms with van der Waals surface area (Å²) >= 11 is 1.67. The van der Waals surface area contributed by atoms with Crippen molar-refractivity contribution in [1.82, 2.24) is 10.2 Å². The highest BCUT2D eigenvalue weighted by Gasteiger charge is 2.16. The van der Waals surface area contributed by atoms with E-state index in [9.17, 15) is 9.59 Å². The molecule has 6 nitrogen and oxygen atoms in total. The molecule has 1 atom stereocenters. The minimum Gasteiger partial charge on any atom is -0.336 e. The third-order valence-electron chi connectivity index (χ3n) is 4.37. The molecule has 3 aromatic rings. The molecular formula is C22H24N4O2S. The van der Waals surface area contributed by atoms with Crippen LogP contribution in [-0.2, 0) is 0 Å². The molecule has 7 heteroatoms. The number of anilines is 2. The molecule has 2 aromatic carbocycles. The molecule has 0 saturated heterocycles. The van der Waals surface area contributed by atoms with Crippen molar-refractivity contribution in [3.05, 3.63) is 82.6 Å². The number of hydrogen-bond acceptors (Lipinski definition) is 4. The lowest BCUT2D eigenvalue weighted by atomic mass is 10.2. The highest BCUT2D eigenvalue weighted by Crippen LogP contribution is 2.22. The number of likely N-dealkylation sites (N-methyl/N-ethyl adjacent to an activating group) is 1. The second-order valence-corrected chi connectivity index (χ2v) is 7.71. The number of urea groups is 1. The summed E-state index contributed by atoms with van der Waals surface area (Å²) in [5.74, 6) is -0.197. The van der Waals surface area contributed by atoms with Crippen molar-refractivity contribution in [2.45, 2.75) is 6.04 Å². The fourth-order valence-electron chi connectivity index (χ4n) is 2.85. The SMILES string of the molecule is CN(C)[C@@H](CNC(=O)Nc1cccc(NC(=O)c2ccccc2)c1)c1cccs1. The third-order valence-corrected chi connectivity index (χ3v) is 5.34. The number of nitrogens with one attached hydrogen (secondary N) is 3. The summed E-state index contributed by atoms with van der Waals surface area (Å²) in [7, 11) is 3.98. The lowest BCUT2D eigenvalue weighted by Crippen LogP contribution is -2.36. The average molecular weight is 409 g/mol. The quantitative estimate of drug-likeness (QED) is 0.542. The van der Waals surface area contributed by atoms with Crippen molar-refractivity contribution in [3.8, 4) is 0 Å². The van der Waals surface area contributed by atoms with E-state index in [-0.39, 0.29) is 18.0 Å². The van der Waals surface area contributed by atoms with Crippen LogP contribution in [-0.4, -0.2) is 37.5 Å². The van der Waals surface area contributed by atoms with E-state index in [4.69, 9.17) is 0 Å². The van der Waals surface area contributed by atoms with Crippen molar-refractivity contribution < 1.29 is 9.59 Å². The van der Waals surface area contributed by atoms with E-state index in [0.717, 1.165) is 0 Å². The van der Waals surface area contributed by atoms with Gasteiger partial charge in [0.1, 0.15) is 0 Å². The van der Waals surface area contributed by atoms with E-state index < -0.39 is 0 Å². The molecule has 0 aliphatic carbocycles. The van der Waals surface area contributed by atoms with E-state index in [1.165, 1.54) is 4.88 Å². The predicted molar refractivity (Wildman–Crippen MR) is 119 cm³/mol. The van der Waals surface area contributed by atoms with Gasteiger partial charge in [0, 0.05) is 28.4 Å². The van der Waals surface area contributed by atoms with Crippen molar-refractivity contribution in [1.29, 1.82) is 0 Å². The van der Waals surface area contributed by atoms with Crippen LogP contribution in [0.4, 0.5) is 16.2 Å². The Bertz CT molecular complexity index is 942. The maximum Gasteiger partial charge on any atom is 0.319 e. The van der Waals surface area contributed by atoms with Gasteiger partial charge < -0.3 is 20.9 Å². The van der Waals surface area contributed by atoms with Crippen LogP contribution < -0.4 is 16.0 Å². The number of carbonyl (C=O) groups excluding carboxylic acids is 2. The van der Waals surface area contributed by atoms with Crippen LogP contribution in [0.25, 0.3) is 0 Å². The van der Waals surface area contributed by atoms with Crippen molar-refractivity contribution in [2.24, 2.45) is 0 Å².